The second-order valence-electron chi connectivity index (χ2n) is 4.70. The molecule has 17 heavy (non-hydrogen) atoms. The van der Waals surface area contributed by atoms with E-state index < -0.39 is 0 Å². The van der Waals surface area contributed by atoms with E-state index in [-0.39, 0.29) is 0 Å². The Labute approximate surface area is 105 Å². The van der Waals surface area contributed by atoms with Crippen LogP contribution in [0, 0.1) is 0 Å². The summed E-state index contributed by atoms with van der Waals surface area (Å²) in [7, 11) is 2.15. The van der Waals surface area contributed by atoms with E-state index in [1.807, 2.05) is 22.6 Å². The molecule has 0 amide bonds. The van der Waals surface area contributed by atoms with E-state index in [4.69, 9.17) is 11.6 Å². The number of likely N-dealkylation sites (N-methyl/N-ethyl adjacent to an activating group) is 1. The van der Waals surface area contributed by atoms with Crippen molar-refractivity contribution in [3.63, 3.8) is 0 Å². The molecule has 1 aliphatic heterocycles. The second-order valence-corrected chi connectivity index (χ2v) is 5.09. The smallest absolute Gasteiger partial charge is 0.161 e. The van der Waals surface area contributed by atoms with Crippen LogP contribution >= 0.6 is 11.6 Å². The minimum absolute atomic E-state index is 0.434. The van der Waals surface area contributed by atoms with Crippen molar-refractivity contribution in [2.75, 3.05) is 20.1 Å². The highest BCUT2D eigenvalue weighted by Crippen LogP contribution is 2.27. The predicted molar refractivity (Wildman–Crippen MR) is 67.5 cm³/mol. The highest BCUT2D eigenvalue weighted by atomic mass is 35.5. The maximum Gasteiger partial charge on any atom is 0.161 e. The largest absolute Gasteiger partial charge is 0.306 e. The average molecular weight is 251 g/mol. The summed E-state index contributed by atoms with van der Waals surface area (Å²) in [5, 5.41) is 9.20. The molecule has 1 aliphatic rings. The topological polar surface area (TPSA) is 33.4 Å². The quantitative estimate of drug-likeness (QED) is 0.728. The fraction of sp³-hybridized carbons (Fsp3) is 0.500. The number of pyridine rings is 1. The lowest BCUT2D eigenvalue weighted by molar-refractivity contribution is 0.245. The first-order valence-electron chi connectivity index (χ1n) is 5.94. The maximum atomic E-state index is 6.23. The van der Waals surface area contributed by atoms with Gasteiger partial charge in [0, 0.05) is 12.5 Å². The lowest BCUT2D eigenvalue weighted by atomic mass is 9.98. The molecule has 1 fully saturated rings. The zero-order valence-corrected chi connectivity index (χ0v) is 10.6. The first kappa shape index (κ1) is 11.0. The summed E-state index contributed by atoms with van der Waals surface area (Å²) >= 11 is 6.23. The van der Waals surface area contributed by atoms with Crippen LogP contribution in [-0.4, -0.2) is 39.6 Å². The zero-order chi connectivity index (χ0) is 11.8. The monoisotopic (exact) mass is 250 g/mol. The number of fused-ring (bicyclic) bond motifs is 1. The van der Waals surface area contributed by atoms with Gasteiger partial charge in [-0.3, -0.25) is 4.40 Å². The Morgan fingerprint density at radius 1 is 1.35 bits per heavy atom. The molecule has 0 bridgehead atoms. The summed E-state index contributed by atoms with van der Waals surface area (Å²) in [5.41, 5.74) is 0.834. The van der Waals surface area contributed by atoms with Gasteiger partial charge in [-0.1, -0.05) is 17.7 Å². The number of nitrogens with zero attached hydrogens (tertiary/aromatic N) is 4. The van der Waals surface area contributed by atoms with Gasteiger partial charge >= 0.3 is 0 Å². The highest BCUT2D eigenvalue weighted by Gasteiger charge is 2.24. The second kappa shape index (κ2) is 4.27. The molecule has 90 valence electrons. The Hall–Kier alpha value is -1.13. The number of aromatic nitrogens is 3. The fourth-order valence-electron chi connectivity index (χ4n) is 2.57. The van der Waals surface area contributed by atoms with Crippen molar-refractivity contribution in [3.8, 4) is 0 Å². The number of piperidine rings is 1. The molecule has 0 aromatic carbocycles. The first-order valence-corrected chi connectivity index (χ1v) is 6.31. The van der Waals surface area contributed by atoms with Gasteiger partial charge in [-0.25, -0.2) is 0 Å². The molecular formula is C12H15ClN4. The lowest BCUT2D eigenvalue weighted by Crippen LogP contribution is -2.31. The standard InChI is InChI=1S/C12H15ClN4/c1-16-7-3-4-9(8-16)12-15-14-11-6-2-5-10(13)17(11)12/h2,5-6,9H,3-4,7-8H2,1H3. The third-order valence-electron chi connectivity index (χ3n) is 3.40. The molecule has 5 heteroatoms. The Morgan fingerprint density at radius 3 is 3.06 bits per heavy atom. The summed E-state index contributed by atoms with van der Waals surface area (Å²) in [4.78, 5) is 2.34. The molecule has 1 unspecified atom stereocenters. The normalized spacial score (nSPS) is 22.1. The van der Waals surface area contributed by atoms with Gasteiger partial charge < -0.3 is 4.90 Å². The van der Waals surface area contributed by atoms with Crippen LogP contribution in [0.3, 0.4) is 0 Å². The molecule has 1 saturated heterocycles. The molecule has 1 atom stereocenters. The number of hydrogen-bond acceptors (Lipinski definition) is 3. The van der Waals surface area contributed by atoms with E-state index >= 15 is 0 Å². The van der Waals surface area contributed by atoms with Crippen molar-refractivity contribution in [1.82, 2.24) is 19.5 Å². The van der Waals surface area contributed by atoms with Crippen molar-refractivity contribution >= 4 is 17.2 Å². The minimum Gasteiger partial charge on any atom is -0.306 e. The van der Waals surface area contributed by atoms with Crippen LogP contribution in [0.15, 0.2) is 18.2 Å². The number of halogens is 1. The molecule has 4 nitrogen and oxygen atoms in total. The number of rotatable bonds is 1. The molecule has 3 heterocycles. The summed E-state index contributed by atoms with van der Waals surface area (Å²) in [6.45, 7) is 2.20. The fourth-order valence-corrected chi connectivity index (χ4v) is 2.81. The lowest BCUT2D eigenvalue weighted by Gasteiger charge is -2.28. The van der Waals surface area contributed by atoms with E-state index in [0.29, 0.717) is 11.1 Å². The molecule has 0 saturated carbocycles. The molecule has 0 aliphatic carbocycles. The van der Waals surface area contributed by atoms with Crippen LogP contribution in [0.5, 0.6) is 0 Å². The Kier molecular flexibility index (Phi) is 2.76. The summed E-state index contributed by atoms with van der Waals surface area (Å²) < 4.78 is 1.96. The molecule has 0 N–H and O–H groups in total. The van der Waals surface area contributed by atoms with E-state index in [2.05, 4.69) is 22.1 Å². The Balaban J connectivity index is 2.05. The summed E-state index contributed by atoms with van der Waals surface area (Å²) in [6, 6.07) is 5.73. The average Bonchev–Trinajstić information content (AvgIpc) is 2.74. The van der Waals surface area contributed by atoms with Gasteiger partial charge in [0.05, 0.1) is 0 Å². The predicted octanol–water partition coefficient (Wildman–Crippen LogP) is 2.19. The highest BCUT2D eigenvalue weighted by molar-refractivity contribution is 6.29. The number of likely N-dealkylation sites (tertiary alicyclic amines) is 1. The summed E-state index contributed by atoms with van der Waals surface area (Å²) in [6.07, 6.45) is 2.37. The van der Waals surface area contributed by atoms with Gasteiger partial charge in [-0.15, -0.1) is 10.2 Å². The van der Waals surface area contributed by atoms with Crippen LogP contribution in [0.25, 0.3) is 5.65 Å². The van der Waals surface area contributed by atoms with Crippen LogP contribution in [0.2, 0.25) is 5.15 Å². The van der Waals surface area contributed by atoms with Crippen molar-refractivity contribution < 1.29 is 0 Å². The van der Waals surface area contributed by atoms with Gasteiger partial charge in [0.25, 0.3) is 0 Å². The molecule has 2 aromatic rings. The molecule has 0 spiro atoms. The number of hydrogen-bond donors (Lipinski definition) is 0. The Bertz CT molecular complexity index is 536. The van der Waals surface area contributed by atoms with E-state index in [1.165, 1.54) is 13.0 Å². The van der Waals surface area contributed by atoms with Crippen LogP contribution in [0.1, 0.15) is 24.6 Å². The minimum atomic E-state index is 0.434. The van der Waals surface area contributed by atoms with Crippen LogP contribution in [0.4, 0.5) is 0 Å². The zero-order valence-electron chi connectivity index (χ0n) is 9.80. The maximum absolute atomic E-state index is 6.23. The van der Waals surface area contributed by atoms with Crippen molar-refractivity contribution in [2.45, 2.75) is 18.8 Å². The van der Waals surface area contributed by atoms with Gasteiger partial charge in [-0.2, -0.15) is 0 Å². The van der Waals surface area contributed by atoms with Crippen LogP contribution < -0.4 is 0 Å². The summed E-state index contributed by atoms with van der Waals surface area (Å²) in [5.74, 6) is 1.43. The first-order chi connectivity index (χ1) is 8.25. The van der Waals surface area contributed by atoms with Crippen molar-refractivity contribution in [1.29, 1.82) is 0 Å². The van der Waals surface area contributed by atoms with E-state index in [9.17, 15) is 0 Å². The van der Waals surface area contributed by atoms with Crippen molar-refractivity contribution in [3.05, 3.63) is 29.2 Å². The van der Waals surface area contributed by atoms with Crippen LogP contribution in [-0.2, 0) is 0 Å². The molecule has 3 rings (SSSR count). The Morgan fingerprint density at radius 2 is 2.24 bits per heavy atom. The SMILES string of the molecule is CN1CCCC(c2nnc3cccc(Cl)n23)C1. The van der Waals surface area contributed by atoms with Gasteiger partial charge in [0.1, 0.15) is 11.0 Å². The third-order valence-corrected chi connectivity index (χ3v) is 3.69. The molecule has 0 radical (unpaired) electrons. The third kappa shape index (κ3) is 1.91. The van der Waals surface area contributed by atoms with Gasteiger partial charge in [0.2, 0.25) is 0 Å². The molecule has 2 aromatic heterocycles. The van der Waals surface area contributed by atoms with E-state index in [1.54, 1.807) is 0 Å². The molecular weight excluding hydrogens is 236 g/mol. The van der Waals surface area contributed by atoms with E-state index in [0.717, 1.165) is 24.4 Å². The van der Waals surface area contributed by atoms with Gasteiger partial charge in [-0.05, 0) is 38.6 Å². The van der Waals surface area contributed by atoms with Gasteiger partial charge in [0.15, 0.2) is 5.65 Å². The van der Waals surface area contributed by atoms with Crippen molar-refractivity contribution in [2.24, 2.45) is 0 Å².